The molecule has 1 fully saturated rings. The van der Waals surface area contributed by atoms with Crippen LogP contribution in [0.5, 0.6) is 0 Å². The molecule has 1 aromatic carbocycles. The lowest BCUT2D eigenvalue weighted by Crippen LogP contribution is -2.51. The quantitative estimate of drug-likeness (QED) is 0.803. The molecule has 0 radical (unpaired) electrons. The molecule has 1 saturated heterocycles. The minimum absolute atomic E-state index is 0.107. The fourth-order valence-electron chi connectivity index (χ4n) is 2.88. The van der Waals surface area contributed by atoms with E-state index < -0.39 is 0 Å². The lowest BCUT2D eigenvalue weighted by Gasteiger charge is -2.39. The molecule has 1 atom stereocenters. The maximum absolute atomic E-state index is 12.4. The number of nitrogens with one attached hydrogen (secondary N) is 1. The molecule has 6 heteroatoms. The van der Waals surface area contributed by atoms with Crippen molar-refractivity contribution in [2.45, 2.75) is 18.9 Å². The number of hydrogen-bond acceptors (Lipinski definition) is 3. The number of carbonyl (C=O) groups excluding carboxylic acids is 1. The number of benzene rings is 1. The van der Waals surface area contributed by atoms with E-state index >= 15 is 0 Å². The van der Waals surface area contributed by atoms with Gasteiger partial charge in [-0.05, 0) is 25.1 Å². The van der Waals surface area contributed by atoms with Crippen molar-refractivity contribution in [3.8, 4) is 0 Å². The summed E-state index contributed by atoms with van der Waals surface area (Å²) in [5.74, 6) is 1.37. The largest absolute Gasteiger partial charge is 0.342 e. The molecule has 112 valence electrons. The number of nitrogens with zero attached hydrogens (tertiary/aromatic N) is 4. The van der Waals surface area contributed by atoms with Crippen molar-refractivity contribution in [1.29, 1.82) is 0 Å². The van der Waals surface area contributed by atoms with Crippen molar-refractivity contribution in [1.82, 2.24) is 24.6 Å². The van der Waals surface area contributed by atoms with Gasteiger partial charge in [-0.25, -0.2) is 4.98 Å². The summed E-state index contributed by atoms with van der Waals surface area (Å²) in [6.45, 7) is 3.30. The zero-order chi connectivity index (χ0) is 15.1. The number of imidazole rings is 1. The van der Waals surface area contributed by atoms with Crippen LogP contribution >= 0.6 is 0 Å². The summed E-state index contributed by atoms with van der Waals surface area (Å²) in [5.41, 5.74) is 2.03. The number of rotatable bonds is 3. The highest BCUT2D eigenvalue weighted by Crippen LogP contribution is 2.28. The van der Waals surface area contributed by atoms with Crippen LogP contribution in [-0.4, -0.2) is 43.6 Å². The summed E-state index contributed by atoms with van der Waals surface area (Å²) in [5, 5.41) is 4.13. The van der Waals surface area contributed by atoms with E-state index in [9.17, 15) is 4.79 Å². The van der Waals surface area contributed by atoms with E-state index in [0.717, 1.165) is 16.9 Å². The topological polar surface area (TPSA) is 66.8 Å². The summed E-state index contributed by atoms with van der Waals surface area (Å²) in [6, 6.07) is 9.56. The monoisotopic (exact) mass is 295 g/mol. The Morgan fingerprint density at radius 1 is 1.32 bits per heavy atom. The standard InChI is InChI=1S/C16H17N5O/c1-11(21-8-4-7-17-21)16(22)20-9-12(10-20)15-18-13-5-2-3-6-14(13)19-15/h2-8,11-12H,9-10H2,1H3,(H,18,19). The van der Waals surface area contributed by atoms with Gasteiger partial charge in [0.15, 0.2) is 0 Å². The normalized spacial score (nSPS) is 16.7. The Bertz CT molecular complexity index is 768. The minimum atomic E-state index is -0.258. The van der Waals surface area contributed by atoms with Crippen molar-refractivity contribution in [2.75, 3.05) is 13.1 Å². The molecule has 1 amide bonds. The predicted octanol–water partition coefficient (Wildman–Crippen LogP) is 1.95. The maximum atomic E-state index is 12.4. The molecule has 22 heavy (non-hydrogen) atoms. The minimum Gasteiger partial charge on any atom is -0.342 e. The second-order valence-corrected chi connectivity index (χ2v) is 5.74. The Morgan fingerprint density at radius 2 is 2.14 bits per heavy atom. The molecule has 4 rings (SSSR count). The van der Waals surface area contributed by atoms with E-state index in [2.05, 4.69) is 15.1 Å². The Balaban J connectivity index is 1.44. The van der Waals surface area contributed by atoms with E-state index in [1.807, 2.05) is 48.4 Å². The highest BCUT2D eigenvalue weighted by molar-refractivity contribution is 5.81. The van der Waals surface area contributed by atoms with Gasteiger partial charge in [0.05, 0.1) is 17.0 Å². The molecule has 0 spiro atoms. The lowest BCUT2D eigenvalue weighted by molar-refractivity contribution is -0.139. The van der Waals surface area contributed by atoms with E-state index in [0.29, 0.717) is 19.0 Å². The van der Waals surface area contributed by atoms with Crippen LogP contribution in [0.1, 0.15) is 24.7 Å². The first kappa shape index (κ1) is 13.1. The zero-order valence-electron chi connectivity index (χ0n) is 12.3. The van der Waals surface area contributed by atoms with Gasteiger partial charge in [-0.15, -0.1) is 0 Å². The fourth-order valence-corrected chi connectivity index (χ4v) is 2.88. The molecule has 1 aliphatic rings. The van der Waals surface area contributed by atoms with E-state index in [-0.39, 0.29) is 11.9 Å². The summed E-state index contributed by atoms with van der Waals surface area (Å²) >= 11 is 0. The summed E-state index contributed by atoms with van der Waals surface area (Å²) < 4.78 is 1.69. The molecule has 6 nitrogen and oxygen atoms in total. The molecule has 2 aromatic heterocycles. The number of fused-ring (bicyclic) bond motifs is 1. The third kappa shape index (κ3) is 2.07. The number of amides is 1. The predicted molar refractivity (Wildman–Crippen MR) is 82.4 cm³/mol. The molecule has 3 aromatic rings. The average molecular weight is 295 g/mol. The highest BCUT2D eigenvalue weighted by Gasteiger charge is 2.36. The summed E-state index contributed by atoms with van der Waals surface area (Å²) in [6.07, 6.45) is 3.51. The van der Waals surface area contributed by atoms with Crippen LogP contribution in [0.4, 0.5) is 0 Å². The Hall–Kier alpha value is -2.63. The van der Waals surface area contributed by atoms with Crippen LogP contribution in [0.25, 0.3) is 11.0 Å². The zero-order valence-corrected chi connectivity index (χ0v) is 12.3. The maximum Gasteiger partial charge on any atom is 0.247 e. The van der Waals surface area contributed by atoms with Gasteiger partial charge < -0.3 is 9.88 Å². The van der Waals surface area contributed by atoms with Gasteiger partial charge in [0.1, 0.15) is 11.9 Å². The molecule has 0 saturated carbocycles. The number of H-pyrrole nitrogens is 1. The first-order valence-corrected chi connectivity index (χ1v) is 7.45. The number of aromatic nitrogens is 4. The molecule has 1 unspecified atom stereocenters. The van der Waals surface area contributed by atoms with Gasteiger partial charge in [-0.1, -0.05) is 12.1 Å². The van der Waals surface area contributed by atoms with Crippen molar-refractivity contribution in [3.63, 3.8) is 0 Å². The Labute approximate surface area is 127 Å². The van der Waals surface area contributed by atoms with Crippen LogP contribution < -0.4 is 0 Å². The van der Waals surface area contributed by atoms with Crippen LogP contribution in [0.15, 0.2) is 42.7 Å². The van der Waals surface area contributed by atoms with Gasteiger partial charge in [0.25, 0.3) is 0 Å². The fraction of sp³-hybridized carbons (Fsp3) is 0.312. The van der Waals surface area contributed by atoms with E-state index in [1.165, 1.54) is 0 Å². The molecule has 1 N–H and O–H groups in total. The van der Waals surface area contributed by atoms with Crippen molar-refractivity contribution >= 4 is 16.9 Å². The second-order valence-electron chi connectivity index (χ2n) is 5.74. The number of hydrogen-bond donors (Lipinski definition) is 1. The number of likely N-dealkylation sites (tertiary alicyclic amines) is 1. The number of aromatic amines is 1. The third-order valence-corrected chi connectivity index (χ3v) is 4.27. The average Bonchev–Trinajstić information content (AvgIpc) is 3.13. The molecule has 0 bridgehead atoms. The van der Waals surface area contributed by atoms with Crippen LogP contribution in [0, 0.1) is 0 Å². The van der Waals surface area contributed by atoms with E-state index in [1.54, 1.807) is 10.9 Å². The Morgan fingerprint density at radius 3 is 2.86 bits per heavy atom. The van der Waals surface area contributed by atoms with Crippen LogP contribution in [0.2, 0.25) is 0 Å². The summed E-state index contributed by atoms with van der Waals surface area (Å²) in [7, 11) is 0. The first-order chi connectivity index (χ1) is 10.7. The van der Waals surface area contributed by atoms with Gasteiger partial charge in [0, 0.05) is 25.5 Å². The number of para-hydroxylation sites is 2. The van der Waals surface area contributed by atoms with Crippen molar-refractivity contribution < 1.29 is 4.79 Å². The lowest BCUT2D eigenvalue weighted by atomic mass is 9.98. The van der Waals surface area contributed by atoms with Crippen LogP contribution in [0.3, 0.4) is 0 Å². The molecule has 1 aliphatic heterocycles. The second kappa shape index (κ2) is 4.98. The van der Waals surface area contributed by atoms with Gasteiger partial charge in [-0.2, -0.15) is 5.10 Å². The molecular formula is C16H17N5O. The molecule has 0 aliphatic carbocycles. The third-order valence-electron chi connectivity index (χ3n) is 4.27. The van der Waals surface area contributed by atoms with Crippen LogP contribution in [-0.2, 0) is 4.79 Å². The highest BCUT2D eigenvalue weighted by atomic mass is 16.2. The molecular weight excluding hydrogens is 278 g/mol. The van der Waals surface area contributed by atoms with Gasteiger partial charge in [0.2, 0.25) is 5.91 Å². The first-order valence-electron chi connectivity index (χ1n) is 7.45. The van der Waals surface area contributed by atoms with Gasteiger partial charge >= 0.3 is 0 Å². The van der Waals surface area contributed by atoms with Crippen molar-refractivity contribution in [3.05, 3.63) is 48.5 Å². The Kier molecular flexibility index (Phi) is 2.96. The smallest absolute Gasteiger partial charge is 0.247 e. The SMILES string of the molecule is CC(C(=O)N1CC(c2nc3ccccc3[nH]2)C1)n1cccn1. The van der Waals surface area contributed by atoms with Gasteiger partial charge in [-0.3, -0.25) is 9.48 Å². The van der Waals surface area contributed by atoms with Crippen molar-refractivity contribution in [2.24, 2.45) is 0 Å². The number of carbonyl (C=O) groups is 1. The van der Waals surface area contributed by atoms with E-state index in [4.69, 9.17) is 0 Å². The summed E-state index contributed by atoms with van der Waals surface area (Å²) in [4.78, 5) is 22.2. The molecule has 3 heterocycles.